The monoisotopic (exact) mass is 320 g/mol. The number of rotatable bonds is 1. The zero-order valence-electron chi connectivity index (χ0n) is 7.67. The molecule has 2 aromatic heterocycles. The molecule has 2 rings (SSSR count). The molecular formula is C9H6FIN2O2. The number of hydrogen-bond acceptors (Lipinski definition) is 3. The number of halogens is 2. The van der Waals surface area contributed by atoms with E-state index in [0.717, 1.165) is 6.20 Å². The van der Waals surface area contributed by atoms with Crippen LogP contribution in [0.2, 0.25) is 0 Å². The second kappa shape index (κ2) is 3.76. The van der Waals surface area contributed by atoms with Crippen molar-refractivity contribution >= 4 is 39.6 Å². The van der Waals surface area contributed by atoms with E-state index < -0.39 is 11.8 Å². The summed E-state index contributed by atoms with van der Waals surface area (Å²) < 4.78 is 18.1. The lowest BCUT2D eigenvalue weighted by Gasteiger charge is -1.94. The topological polar surface area (TPSA) is 55.0 Å². The molecule has 0 spiro atoms. The minimum absolute atomic E-state index is 0.297. The van der Waals surface area contributed by atoms with Crippen LogP contribution < -0.4 is 0 Å². The highest BCUT2D eigenvalue weighted by Crippen LogP contribution is 2.23. The molecule has 0 atom stereocenters. The summed E-state index contributed by atoms with van der Waals surface area (Å²) >= 11 is 1.95. The Bertz CT molecular complexity index is 538. The molecular weight excluding hydrogens is 314 g/mol. The number of aromatic nitrogens is 2. The normalized spacial score (nSPS) is 10.6. The van der Waals surface area contributed by atoms with Crippen LogP contribution in [0.5, 0.6) is 0 Å². The van der Waals surface area contributed by atoms with Crippen LogP contribution in [0.4, 0.5) is 4.39 Å². The maximum absolute atomic E-state index is 12.9. The molecule has 0 aliphatic rings. The number of pyridine rings is 1. The summed E-state index contributed by atoms with van der Waals surface area (Å²) in [5, 5.41) is 0.580. The van der Waals surface area contributed by atoms with Gasteiger partial charge in [0.25, 0.3) is 0 Å². The van der Waals surface area contributed by atoms with Gasteiger partial charge in [-0.3, -0.25) is 0 Å². The van der Waals surface area contributed by atoms with Crippen molar-refractivity contribution in [3.8, 4) is 0 Å². The molecule has 0 fully saturated rings. The number of fused-ring (bicyclic) bond motifs is 1. The maximum Gasteiger partial charge on any atom is 0.355 e. The Morgan fingerprint density at radius 3 is 3.07 bits per heavy atom. The van der Waals surface area contributed by atoms with Gasteiger partial charge in [-0.1, -0.05) is 0 Å². The Morgan fingerprint density at radius 2 is 2.40 bits per heavy atom. The quantitative estimate of drug-likeness (QED) is 0.647. The average Bonchev–Trinajstić information content (AvgIpc) is 2.55. The van der Waals surface area contributed by atoms with Gasteiger partial charge in [-0.25, -0.2) is 14.2 Å². The van der Waals surface area contributed by atoms with E-state index in [0.29, 0.717) is 20.3 Å². The van der Waals surface area contributed by atoms with E-state index >= 15 is 0 Å². The highest BCUT2D eigenvalue weighted by molar-refractivity contribution is 14.1. The van der Waals surface area contributed by atoms with E-state index in [1.54, 1.807) is 0 Å². The van der Waals surface area contributed by atoms with Crippen molar-refractivity contribution in [2.45, 2.75) is 0 Å². The van der Waals surface area contributed by atoms with E-state index in [1.165, 1.54) is 13.2 Å². The third kappa shape index (κ3) is 1.69. The molecule has 0 aromatic carbocycles. The Balaban J connectivity index is 2.69. The fourth-order valence-corrected chi connectivity index (χ4v) is 2.02. The third-order valence-corrected chi connectivity index (χ3v) is 3.06. The molecule has 0 saturated heterocycles. The van der Waals surface area contributed by atoms with Crippen molar-refractivity contribution in [1.29, 1.82) is 0 Å². The molecule has 0 radical (unpaired) electrons. The highest BCUT2D eigenvalue weighted by atomic mass is 127. The number of methoxy groups -OCH3 is 1. The van der Waals surface area contributed by atoms with Crippen molar-refractivity contribution < 1.29 is 13.9 Å². The summed E-state index contributed by atoms with van der Waals surface area (Å²) in [7, 11) is 1.29. The van der Waals surface area contributed by atoms with Crippen molar-refractivity contribution in [3.63, 3.8) is 0 Å². The smallest absolute Gasteiger partial charge is 0.355 e. The SMILES string of the molecule is COC(=O)c1[nH]c2ncc(F)cc2c1I. The molecule has 0 aliphatic carbocycles. The number of esters is 1. The number of aromatic amines is 1. The van der Waals surface area contributed by atoms with Gasteiger partial charge < -0.3 is 9.72 Å². The van der Waals surface area contributed by atoms with E-state index in [1.807, 2.05) is 22.6 Å². The Kier molecular flexibility index (Phi) is 2.59. The first-order chi connectivity index (χ1) is 7.13. The minimum atomic E-state index is -0.488. The van der Waals surface area contributed by atoms with E-state index in [-0.39, 0.29) is 0 Å². The summed E-state index contributed by atoms with van der Waals surface area (Å²) in [6, 6.07) is 1.33. The minimum Gasteiger partial charge on any atom is -0.464 e. The predicted molar refractivity (Wildman–Crippen MR) is 60.1 cm³/mol. The van der Waals surface area contributed by atoms with Crippen molar-refractivity contribution in [2.75, 3.05) is 7.11 Å². The van der Waals surface area contributed by atoms with Crippen LogP contribution in [-0.4, -0.2) is 23.0 Å². The first kappa shape index (κ1) is 10.3. The van der Waals surface area contributed by atoms with Crippen molar-refractivity contribution in [1.82, 2.24) is 9.97 Å². The van der Waals surface area contributed by atoms with Gasteiger partial charge in [0.1, 0.15) is 17.2 Å². The van der Waals surface area contributed by atoms with Crippen LogP contribution in [0.15, 0.2) is 12.3 Å². The molecule has 78 valence electrons. The van der Waals surface area contributed by atoms with Gasteiger partial charge in [-0.2, -0.15) is 0 Å². The largest absolute Gasteiger partial charge is 0.464 e. The summed E-state index contributed by atoms with van der Waals surface area (Å²) in [4.78, 5) is 17.9. The van der Waals surface area contributed by atoms with E-state index in [9.17, 15) is 9.18 Å². The van der Waals surface area contributed by atoms with Crippen LogP contribution in [0.3, 0.4) is 0 Å². The lowest BCUT2D eigenvalue weighted by Crippen LogP contribution is -2.03. The molecule has 0 aliphatic heterocycles. The first-order valence-electron chi connectivity index (χ1n) is 4.04. The summed E-state index contributed by atoms with van der Waals surface area (Å²) in [5.74, 6) is -0.923. The lowest BCUT2D eigenvalue weighted by atomic mass is 10.3. The van der Waals surface area contributed by atoms with Crippen molar-refractivity contribution in [2.24, 2.45) is 0 Å². The Morgan fingerprint density at radius 1 is 1.67 bits per heavy atom. The van der Waals surface area contributed by atoms with Gasteiger partial charge in [-0.05, 0) is 28.7 Å². The molecule has 2 aromatic rings. The lowest BCUT2D eigenvalue weighted by molar-refractivity contribution is 0.0594. The van der Waals surface area contributed by atoms with Gasteiger partial charge >= 0.3 is 5.97 Å². The Hall–Kier alpha value is -1.18. The Labute approximate surface area is 98.0 Å². The van der Waals surface area contributed by atoms with Gasteiger partial charge in [0.15, 0.2) is 0 Å². The third-order valence-electron chi connectivity index (χ3n) is 1.94. The number of ether oxygens (including phenoxy) is 1. The molecule has 4 nitrogen and oxygen atoms in total. The van der Waals surface area contributed by atoms with Crippen molar-refractivity contribution in [3.05, 3.63) is 27.3 Å². The van der Waals surface area contributed by atoms with E-state index in [4.69, 9.17) is 0 Å². The number of carbonyl (C=O) groups excluding carboxylic acids is 1. The zero-order chi connectivity index (χ0) is 11.0. The standard InChI is InChI=1S/C9H6FIN2O2/c1-15-9(14)7-6(11)5-2-4(10)3-12-8(5)13-7/h2-3H,1H3,(H,12,13). The predicted octanol–water partition coefficient (Wildman–Crippen LogP) is 2.09. The summed E-state index contributed by atoms with van der Waals surface area (Å²) in [6.07, 6.45) is 1.09. The van der Waals surface area contributed by atoms with Gasteiger partial charge in [0.2, 0.25) is 0 Å². The van der Waals surface area contributed by atoms with Gasteiger partial charge in [-0.15, -0.1) is 0 Å². The fraction of sp³-hybridized carbons (Fsp3) is 0.111. The number of nitrogens with zero attached hydrogens (tertiary/aromatic N) is 1. The molecule has 6 heteroatoms. The zero-order valence-corrected chi connectivity index (χ0v) is 9.83. The molecule has 0 unspecified atom stereocenters. The van der Waals surface area contributed by atoms with E-state index in [2.05, 4.69) is 14.7 Å². The second-order valence-corrected chi connectivity index (χ2v) is 3.93. The molecule has 15 heavy (non-hydrogen) atoms. The number of nitrogens with one attached hydrogen (secondary N) is 1. The van der Waals surface area contributed by atoms with Gasteiger partial charge in [0.05, 0.1) is 16.9 Å². The maximum atomic E-state index is 12.9. The van der Waals surface area contributed by atoms with Crippen LogP contribution >= 0.6 is 22.6 Å². The van der Waals surface area contributed by atoms with Crippen LogP contribution in [0.1, 0.15) is 10.5 Å². The van der Waals surface area contributed by atoms with Gasteiger partial charge in [0, 0.05) is 5.39 Å². The highest BCUT2D eigenvalue weighted by Gasteiger charge is 2.17. The summed E-state index contributed by atoms with van der Waals surface area (Å²) in [5.41, 5.74) is 0.771. The van der Waals surface area contributed by atoms with Crippen LogP contribution in [-0.2, 0) is 4.74 Å². The molecule has 0 amide bonds. The summed E-state index contributed by atoms with van der Waals surface area (Å²) in [6.45, 7) is 0. The fourth-order valence-electron chi connectivity index (χ4n) is 1.26. The molecule has 0 bridgehead atoms. The number of carbonyl (C=O) groups is 1. The second-order valence-electron chi connectivity index (χ2n) is 2.86. The molecule has 1 N–H and O–H groups in total. The first-order valence-corrected chi connectivity index (χ1v) is 5.12. The average molecular weight is 320 g/mol. The number of hydrogen-bond donors (Lipinski definition) is 1. The number of H-pyrrole nitrogens is 1. The molecule has 0 saturated carbocycles. The van der Waals surface area contributed by atoms with Crippen LogP contribution in [0, 0.1) is 9.39 Å². The molecule has 2 heterocycles. The van der Waals surface area contributed by atoms with Crippen LogP contribution in [0.25, 0.3) is 11.0 Å².